The largest absolute Gasteiger partial charge is 0.486 e. The van der Waals surface area contributed by atoms with Gasteiger partial charge in [-0.2, -0.15) is 0 Å². The Morgan fingerprint density at radius 3 is 2.57 bits per heavy atom. The highest BCUT2D eigenvalue weighted by Gasteiger charge is 2.18. The standard InChI is InChI=1S/C10H19BClO2/c1-5-7(2)8(3)6-9(4)10(12)14-11-13/h8-10,13H,2,5-6H2,1,3-4H3. The lowest BCUT2D eigenvalue weighted by Crippen LogP contribution is -2.20. The zero-order valence-electron chi connectivity index (χ0n) is 9.16. The van der Waals surface area contributed by atoms with E-state index in [-0.39, 0.29) is 5.92 Å². The van der Waals surface area contributed by atoms with Gasteiger partial charge >= 0.3 is 7.69 Å². The second-order valence-corrected chi connectivity index (χ2v) is 4.15. The first-order chi connectivity index (χ1) is 6.52. The summed E-state index contributed by atoms with van der Waals surface area (Å²) in [7, 11) is 0.646. The lowest BCUT2D eigenvalue weighted by atomic mass is 9.90. The summed E-state index contributed by atoms with van der Waals surface area (Å²) in [5, 5.41) is 8.43. The summed E-state index contributed by atoms with van der Waals surface area (Å²) in [5.41, 5.74) is 0.765. The molecule has 0 aromatic heterocycles. The monoisotopic (exact) mass is 217 g/mol. The Labute approximate surface area is 92.6 Å². The third-order valence-electron chi connectivity index (χ3n) is 2.51. The van der Waals surface area contributed by atoms with Crippen LogP contribution in [0, 0.1) is 11.8 Å². The molecular formula is C10H19BClO2. The van der Waals surface area contributed by atoms with Gasteiger partial charge in [0.05, 0.1) is 0 Å². The lowest BCUT2D eigenvalue weighted by molar-refractivity contribution is 0.186. The van der Waals surface area contributed by atoms with Crippen LogP contribution in [-0.4, -0.2) is 18.3 Å². The first kappa shape index (κ1) is 14.0. The Balaban J connectivity index is 3.91. The molecule has 0 rings (SSSR count). The van der Waals surface area contributed by atoms with Crippen LogP contribution in [0.25, 0.3) is 0 Å². The van der Waals surface area contributed by atoms with Gasteiger partial charge in [-0.25, -0.2) is 0 Å². The topological polar surface area (TPSA) is 29.5 Å². The molecule has 2 nitrogen and oxygen atoms in total. The fourth-order valence-corrected chi connectivity index (χ4v) is 1.52. The van der Waals surface area contributed by atoms with Crippen molar-refractivity contribution in [1.29, 1.82) is 0 Å². The highest BCUT2D eigenvalue weighted by Crippen LogP contribution is 2.25. The Hall–Kier alpha value is 0.0149. The number of rotatable bonds is 7. The van der Waals surface area contributed by atoms with Crippen LogP contribution in [-0.2, 0) is 4.65 Å². The highest BCUT2D eigenvalue weighted by molar-refractivity contribution is 6.24. The predicted molar refractivity (Wildman–Crippen MR) is 61.1 cm³/mol. The maximum atomic E-state index is 8.43. The third-order valence-corrected chi connectivity index (χ3v) is 3.05. The molecule has 0 bridgehead atoms. The average Bonchev–Trinajstić information content (AvgIpc) is 2.16. The minimum atomic E-state index is -0.466. The molecule has 0 aromatic carbocycles. The molecule has 0 aliphatic heterocycles. The second-order valence-electron chi connectivity index (χ2n) is 3.72. The summed E-state index contributed by atoms with van der Waals surface area (Å²) in [4.78, 5) is 0. The SMILES string of the molecule is C=C(CC)C(C)CC(C)C(Cl)O[B]O. The molecule has 0 aromatic rings. The van der Waals surface area contributed by atoms with Crippen molar-refractivity contribution < 1.29 is 9.68 Å². The first-order valence-electron chi connectivity index (χ1n) is 4.96. The van der Waals surface area contributed by atoms with E-state index in [1.54, 1.807) is 0 Å². The van der Waals surface area contributed by atoms with Gasteiger partial charge in [0.2, 0.25) is 0 Å². The van der Waals surface area contributed by atoms with Gasteiger partial charge in [-0.1, -0.05) is 44.5 Å². The highest BCUT2D eigenvalue weighted by atomic mass is 35.5. The van der Waals surface area contributed by atoms with Crippen LogP contribution in [0.4, 0.5) is 0 Å². The van der Waals surface area contributed by atoms with Crippen LogP contribution in [0.15, 0.2) is 12.2 Å². The number of hydrogen-bond acceptors (Lipinski definition) is 2. The van der Waals surface area contributed by atoms with Crippen molar-refractivity contribution in [3.05, 3.63) is 12.2 Å². The van der Waals surface area contributed by atoms with Gasteiger partial charge in [-0.15, -0.1) is 0 Å². The van der Waals surface area contributed by atoms with Crippen LogP contribution in [0.1, 0.15) is 33.6 Å². The van der Waals surface area contributed by atoms with E-state index in [1.807, 2.05) is 6.92 Å². The lowest BCUT2D eigenvalue weighted by Gasteiger charge is -2.22. The maximum absolute atomic E-state index is 8.43. The number of alkyl halides is 1. The second kappa shape index (κ2) is 7.33. The van der Waals surface area contributed by atoms with Crippen molar-refractivity contribution in [1.82, 2.24) is 0 Å². The van der Waals surface area contributed by atoms with Crippen molar-refractivity contribution in [3.8, 4) is 0 Å². The molecule has 0 saturated carbocycles. The van der Waals surface area contributed by atoms with E-state index in [2.05, 4.69) is 20.4 Å². The Morgan fingerprint density at radius 2 is 2.14 bits per heavy atom. The quantitative estimate of drug-likeness (QED) is 0.404. The molecule has 3 unspecified atom stereocenters. The number of allylic oxidation sites excluding steroid dienone is 1. The molecule has 0 amide bonds. The van der Waals surface area contributed by atoms with E-state index >= 15 is 0 Å². The van der Waals surface area contributed by atoms with Crippen molar-refractivity contribution >= 4 is 19.3 Å². The van der Waals surface area contributed by atoms with Gasteiger partial charge in [0.1, 0.15) is 5.56 Å². The summed E-state index contributed by atoms with van der Waals surface area (Å²) < 4.78 is 4.78. The zero-order chi connectivity index (χ0) is 11.1. The van der Waals surface area contributed by atoms with Crippen LogP contribution in [0.5, 0.6) is 0 Å². The fraction of sp³-hybridized carbons (Fsp3) is 0.800. The van der Waals surface area contributed by atoms with Crippen molar-refractivity contribution in [2.24, 2.45) is 11.8 Å². The summed E-state index contributed by atoms with van der Waals surface area (Å²) in [6.07, 6.45) is 1.92. The van der Waals surface area contributed by atoms with Crippen LogP contribution >= 0.6 is 11.6 Å². The molecule has 1 N–H and O–H groups in total. The Kier molecular flexibility index (Phi) is 7.33. The molecule has 81 valence electrons. The molecular weight excluding hydrogens is 198 g/mol. The predicted octanol–water partition coefficient (Wildman–Crippen LogP) is 2.72. The van der Waals surface area contributed by atoms with Crippen LogP contribution in [0.2, 0.25) is 0 Å². The Bertz CT molecular complexity index is 176. The van der Waals surface area contributed by atoms with Crippen LogP contribution < -0.4 is 0 Å². The van der Waals surface area contributed by atoms with E-state index in [4.69, 9.17) is 21.3 Å². The van der Waals surface area contributed by atoms with E-state index in [0.717, 1.165) is 12.8 Å². The molecule has 0 saturated heterocycles. The van der Waals surface area contributed by atoms with E-state index in [1.165, 1.54) is 5.57 Å². The normalized spacial score (nSPS) is 17.2. The number of halogens is 1. The van der Waals surface area contributed by atoms with Crippen molar-refractivity contribution in [2.75, 3.05) is 0 Å². The van der Waals surface area contributed by atoms with Gasteiger partial charge in [0, 0.05) is 0 Å². The molecule has 1 radical (unpaired) electrons. The molecule has 3 atom stereocenters. The number of hydrogen-bond donors (Lipinski definition) is 1. The van der Waals surface area contributed by atoms with Crippen molar-refractivity contribution in [3.63, 3.8) is 0 Å². The molecule has 0 spiro atoms. The molecule has 0 fully saturated rings. The molecule has 0 aliphatic carbocycles. The van der Waals surface area contributed by atoms with Crippen molar-refractivity contribution in [2.45, 2.75) is 39.2 Å². The minimum absolute atomic E-state index is 0.193. The molecule has 4 heteroatoms. The van der Waals surface area contributed by atoms with E-state index < -0.39 is 5.56 Å². The molecule has 14 heavy (non-hydrogen) atoms. The zero-order valence-corrected chi connectivity index (χ0v) is 9.92. The van der Waals surface area contributed by atoms with Gasteiger partial charge in [-0.3, -0.25) is 0 Å². The van der Waals surface area contributed by atoms with E-state index in [0.29, 0.717) is 13.6 Å². The Morgan fingerprint density at radius 1 is 1.57 bits per heavy atom. The summed E-state index contributed by atoms with van der Waals surface area (Å²) in [6.45, 7) is 10.2. The van der Waals surface area contributed by atoms with Gasteiger partial charge < -0.3 is 9.68 Å². The minimum Gasteiger partial charge on any atom is -0.429 e. The molecule has 0 aliphatic rings. The summed E-state index contributed by atoms with van der Waals surface area (Å²) in [6, 6.07) is 0. The average molecular weight is 218 g/mol. The fourth-order valence-electron chi connectivity index (χ4n) is 1.37. The molecule has 0 heterocycles. The van der Waals surface area contributed by atoms with Crippen LogP contribution in [0.3, 0.4) is 0 Å². The van der Waals surface area contributed by atoms with Gasteiger partial charge in [0.25, 0.3) is 0 Å². The summed E-state index contributed by atoms with van der Waals surface area (Å²) >= 11 is 5.88. The smallest absolute Gasteiger partial charge is 0.429 e. The van der Waals surface area contributed by atoms with E-state index in [9.17, 15) is 0 Å². The third kappa shape index (κ3) is 5.04. The van der Waals surface area contributed by atoms with Gasteiger partial charge in [-0.05, 0) is 24.7 Å². The first-order valence-corrected chi connectivity index (χ1v) is 5.39. The van der Waals surface area contributed by atoms with Gasteiger partial charge in [0.15, 0.2) is 0 Å². The summed E-state index contributed by atoms with van der Waals surface area (Å²) in [5.74, 6) is 0.636. The maximum Gasteiger partial charge on any atom is 0.486 e.